The molecule has 0 radical (unpaired) electrons. The third kappa shape index (κ3) is 13.0. The highest BCUT2D eigenvalue weighted by molar-refractivity contribution is 7.99. The molecule has 280 valence electrons. The van der Waals surface area contributed by atoms with Crippen LogP contribution in [0.25, 0.3) is 0 Å². The zero-order valence-corrected chi connectivity index (χ0v) is 28.1. The molecule has 15 nitrogen and oxygen atoms in total. The Morgan fingerprint density at radius 1 is 0.765 bits per heavy atom. The number of rotatable bonds is 16. The molecule has 0 spiro atoms. The number of carbonyl (C=O) groups excluding carboxylic acids is 3. The van der Waals surface area contributed by atoms with Crippen molar-refractivity contribution in [3.63, 3.8) is 0 Å². The van der Waals surface area contributed by atoms with Crippen LogP contribution in [0.5, 0.6) is 11.8 Å². The average Bonchev–Trinajstić information content (AvgIpc) is 2.99. The first kappa shape index (κ1) is 41.0. The van der Waals surface area contributed by atoms with E-state index < -0.39 is 99.9 Å². The molecule has 3 rings (SSSR count). The number of thioether (sulfide) groups is 2. The molecule has 0 saturated heterocycles. The third-order valence-electron chi connectivity index (χ3n) is 7.01. The minimum absolute atomic E-state index is 0.0842. The summed E-state index contributed by atoms with van der Waals surface area (Å²) in [5, 5.41) is 21.3. The molecule has 0 aliphatic heterocycles. The maximum absolute atomic E-state index is 14.4. The third-order valence-corrected chi connectivity index (χ3v) is 9.92. The monoisotopic (exact) mass is 772 g/mol. The zero-order valence-electron chi connectivity index (χ0n) is 26.4. The van der Waals surface area contributed by atoms with E-state index in [9.17, 15) is 60.5 Å². The molecule has 6 atom stereocenters. The van der Waals surface area contributed by atoms with Gasteiger partial charge in [0.1, 0.15) is 17.9 Å². The minimum Gasteiger partial charge on any atom is -0.480 e. The lowest BCUT2D eigenvalue weighted by Gasteiger charge is -2.36. The number of halogens is 6. The number of carboxylic acid groups (broad SMARTS) is 2. The maximum atomic E-state index is 14.4. The first-order chi connectivity index (χ1) is 23.7. The Hall–Kier alpha value is -4.41. The van der Waals surface area contributed by atoms with Crippen molar-refractivity contribution in [2.45, 2.75) is 68.4 Å². The van der Waals surface area contributed by atoms with Crippen LogP contribution < -0.4 is 20.1 Å². The fourth-order valence-corrected chi connectivity index (χ4v) is 7.93. The van der Waals surface area contributed by atoms with Crippen molar-refractivity contribution in [3.05, 3.63) is 36.2 Å². The van der Waals surface area contributed by atoms with E-state index in [0.717, 1.165) is 49.8 Å². The van der Waals surface area contributed by atoms with Crippen molar-refractivity contribution in [2.24, 2.45) is 11.8 Å². The lowest BCUT2D eigenvalue weighted by Crippen LogP contribution is -2.42. The van der Waals surface area contributed by atoms with Gasteiger partial charge in [-0.3, -0.25) is 24.4 Å². The van der Waals surface area contributed by atoms with E-state index in [1.165, 1.54) is 0 Å². The van der Waals surface area contributed by atoms with Crippen molar-refractivity contribution in [1.29, 1.82) is 0 Å². The number of aliphatic carboxylic acids is 2. The van der Waals surface area contributed by atoms with Gasteiger partial charge in [0, 0.05) is 49.6 Å². The molecule has 0 aromatic carbocycles. The standard InChI is InChI=1S/C28H30F6N6O9S2/c1-12(41)37-18(25(44)45)10-50-23(16-6-35-8-20(39-16)48-27(29,30)31)14-4-3-5-15(22(14)43)24(51-11-19(26(46)47)38-13(2)42)17-7-36-9-21(40-17)49-28(32,33)34/h6-9,14-15,18-19,23-24H,3-5,10-11H2,1-2H3,(H,37,41)(H,38,42)(H,44,45)(H,46,47)/t14?,15?,18-,19-,23?,24?/m0/s1. The van der Waals surface area contributed by atoms with Crippen LogP contribution >= 0.6 is 23.5 Å². The van der Waals surface area contributed by atoms with Crippen LogP contribution in [0, 0.1) is 11.8 Å². The summed E-state index contributed by atoms with van der Waals surface area (Å²) in [5.74, 6) is -9.91. The first-order valence-electron chi connectivity index (χ1n) is 14.7. The summed E-state index contributed by atoms with van der Waals surface area (Å²) in [6, 6.07) is -2.99. The highest BCUT2D eigenvalue weighted by atomic mass is 32.2. The van der Waals surface area contributed by atoms with E-state index in [-0.39, 0.29) is 30.7 Å². The second-order valence-electron chi connectivity index (χ2n) is 10.9. The fraction of sp³-hybridized carbons (Fsp3) is 0.536. The number of alkyl halides is 6. The number of amides is 2. The smallest absolute Gasteiger partial charge is 0.480 e. The molecule has 1 aliphatic rings. The van der Waals surface area contributed by atoms with Crippen molar-refractivity contribution in [2.75, 3.05) is 11.5 Å². The van der Waals surface area contributed by atoms with Gasteiger partial charge in [0.2, 0.25) is 23.6 Å². The van der Waals surface area contributed by atoms with Crippen molar-refractivity contribution in [1.82, 2.24) is 30.6 Å². The number of aromatic nitrogens is 4. The van der Waals surface area contributed by atoms with Crippen LogP contribution in [0.2, 0.25) is 0 Å². The Bertz CT molecular complexity index is 1480. The summed E-state index contributed by atoms with van der Waals surface area (Å²) < 4.78 is 85.9. The molecule has 4 N–H and O–H groups in total. The number of nitrogens with one attached hydrogen (secondary N) is 2. The number of carboxylic acids is 2. The molecule has 2 aromatic heterocycles. The molecular weight excluding hydrogens is 742 g/mol. The van der Waals surface area contributed by atoms with E-state index in [1.807, 2.05) is 0 Å². The summed E-state index contributed by atoms with van der Waals surface area (Å²) in [4.78, 5) is 76.6. The second kappa shape index (κ2) is 17.7. The van der Waals surface area contributed by atoms with Crippen molar-refractivity contribution in [3.8, 4) is 11.8 Å². The van der Waals surface area contributed by atoms with Gasteiger partial charge < -0.3 is 30.3 Å². The maximum Gasteiger partial charge on any atom is 0.574 e. The summed E-state index contributed by atoms with van der Waals surface area (Å²) in [7, 11) is 0. The Balaban J connectivity index is 2.07. The molecule has 51 heavy (non-hydrogen) atoms. The van der Waals surface area contributed by atoms with Gasteiger partial charge in [-0.15, -0.1) is 49.9 Å². The quantitative estimate of drug-likeness (QED) is 0.180. The molecule has 2 heterocycles. The Kier molecular flexibility index (Phi) is 14.2. The van der Waals surface area contributed by atoms with Crippen LogP contribution in [0.15, 0.2) is 24.8 Å². The predicted molar refractivity (Wildman–Crippen MR) is 164 cm³/mol. The SMILES string of the molecule is CC(=O)N[C@@H](CSC(c1cncc(OC(F)(F)F)n1)C1CCCC(C(SC[C@H](NC(C)=O)C(=O)O)c2cncc(OC(F)(F)F)n2)C1=O)C(=O)O. The summed E-state index contributed by atoms with van der Waals surface area (Å²) in [6.45, 7) is 2.13. The van der Waals surface area contributed by atoms with Crippen LogP contribution in [0.4, 0.5) is 26.3 Å². The molecular formula is C28H30F6N6O9S2. The van der Waals surface area contributed by atoms with Crippen molar-refractivity contribution < 1.29 is 70.0 Å². The highest BCUT2D eigenvalue weighted by Crippen LogP contribution is 2.48. The molecule has 1 aliphatic carbocycles. The highest BCUT2D eigenvalue weighted by Gasteiger charge is 2.44. The molecule has 1 saturated carbocycles. The normalized spacial score (nSPS) is 18.9. The molecule has 0 bridgehead atoms. The molecule has 23 heteroatoms. The summed E-state index contributed by atoms with van der Waals surface area (Å²) in [6.07, 6.45) is -6.49. The van der Waals surface area contributed by atoms with Crippen molar-refractivity contribution >= 4 is 53.1 Å². The van der Waals surface area contributed by atoms with E-state index in [4.69, 9.17) is 0 Å². The Labute approximate surface area is 293 Å². The number of hydrogen-bond donors (Lipinski definition) is 4. The molecule has 4 unspecified atom stereocenters. The van der Waals surface area contributed by atoms with Crippen LogP contribution in [-0.2, 0) is 24.0 Å². The van der Waals surface area contributed by atoms with Crippen LogP contribution in [-0.4, -0.2) is 96.0 Å². The second-order valence-corrected chi connectivity index (χ2v) is 13.2. The predicted octanol–water partition coefficient (Wildman–Crippen LogP) is 3.48. The van der Waals surface area contributed by atoms with Crippen LogP contribution in [0.3, 0.4) is 0 Å². The number of carbonyl (C=O) groups is 5. The number of ether oxygens (including phenoxy) is 2. The van der Waals surface area contributed by atoms with Gasteiger partial charge in [-0.05, 0) is 12.8 Å². The minimum atomic E-state index is -5.16. The lowest BCUT2D eigenvalue weighted by molar-refractivity contribution is -0.277. The number of Topliss-reactive ketones (excluding diaryl/α,β-unsaturated/α-hetero) is 1. The Morgan fingerprint density at radius 3 is 1.45 bits per heavy atom. The van der Waals surface area contributed by atoms with Crippen LogP contribution in [0.1, 0.15) is 55.0 Å². The zero-order chi connectivity index (χ0) is 38.1. The van der Waals surface area contributed by atoms with Gasteiger partial charge >= 0.3 is 24.7 Å². The molecule has 2 aromatic rings. The van der Waals surface area contributed by atoms with E-state index >= 15 is 0 Å². The largest absolute Gasteiger partial charge is 0.574 e. The van der Waals surface area contributed by atoms with Gasteiger partial charge in [-0.2, -0.15) is 0 Å². The average molecular weight is 773 g/mol. The van der Waals surface area contributed by atoms with Gasteiger partial charge in [0.15, 0.2) is 0 Å². The fourth-order valence-electron chi connectivity index (χ4n) is 5.11. The van der Waals surface area contributed by atoms with Gasteiger partial charge in [-0.1, -0.05) is 6.42 Å². The topological polar surface area (TPSA) is 220 Å². The first-order valence-corrected chi connectivity index (χ1v) is 16.8. The number of nitrogens with zero attached hydrogens (tertiary/aromatic N) is 4. The van der Waals surface area contributed by atoms with Gasteiger partial charge in [0.05, 0.1) is 34.3 Å². The lowest BCUT2D eigenvalue weighted by atomic mass is 9.76. The summed E-state index contributed by atoms with van der Waals surface area (Å²) >= 11 is 1.55. The summed E-state index contributed by atoms with van der Waals surface area (Å²) in [5.41, 5.74) is -0.428. The Morgan fingerprint density at radius 2 is 1.14 bits per heavy atom. The van der Waals surface area contributed by atoms with E-state index in [1.54, 1.807) is 0 Å². The molecule has 1 fully saturated rings. The number of hydrogen-bond acceptors (Lipinski definition) is 13. The van der Waals surface area contributed by atoms with E-state index in [2.05, 4.69) is 40.0 Å². The number of ketones is 1. The van der Waals surface area contributed by atoms with E-state index in [0.29, 0.717) is 12.4 Å². The van der Waals surface area contributed by atoms with Gasteiger partial charge in [-0.25, -0.2) is 19.6 Å². The van der Waals surface area contributed by atoms with Gasteiger partial charge in [0.25, 0.3) is 0 Å². The molecule has 2 amide bonds.